The Labute approximate surface area is 158 Å². The molecular formula is C18H17F2N7O. The van der Waals surface area contributed by atoms with Crippen molar-refractivity contribution in [1.29, 1.82) is 0 Å². The molecule has 4 rings (SSSR count). The zero-order valence-electron chi connectivity index (χ0n) is 14.6. The monoisotopic (exact) mass is 385 g/mol. The van der Waals surface area contributed by atoms with E-state index in [0.717, 1.165) is 11.6 Å². The van der Waals surface area contributed by atoms with E-state index in [9.17, 15) is 13.6 Å². The van der Waals surface area contributed by atoms with Crippen molar-refractivity contribution in [3.8, 4) is 0 Å². The number of carbonyl (C=O) groups is 1. The number of nitrogens with zero attached hydrogens (tertiary/aromatic N) is 3. The number of anilines is 1. The third-order valence-electron chi connectivity index (χ3n) is 4.37. The summed E-state index contributed by atoms with van der Waals surface area (Å²) in [6, 6.07) is 6.51. The molecule has 0 bridgehead atoms. The van der Waals surface area contributed by atoms with Crippen LogP contribution in [-0.4, -0.2) is 32.1 Å². The second-order valence-electron chi connectivity index (χ2n) is 6.47. The SMILES string of the molecule is O=C(Nc1n[nH]c(Cc2cc(F)cc(F)c2)n1)C1CC(c2cccnc2)NN1. The van der Waals surface area contributed by atoms with Crippen LogP contribution < -0.4 is 16.2 Å². The normalized spacial score (nSPS) is 18.9. The highest BCUT2D eigenvalue weighted by Crippen LogP contribution is 2.21. The Hall–Kier alpha value is -3.24. The molecule has 2 atom stereocenters. The van der Waals surface area contributed by atoms with Gasteiger partial charge < -0.3 is 0 Å². The molecule has 1 saturated heterocycles. The van der Waals surface area contributed by atoms with Gasteiger partial charge in [-0.1, -0.05) is 6.07 Å². The van der Waals surface area contributed by atoms with Gasteiger partial charge in [0, 0.05) is 30.9 Å². The third-order valence-corrected chi connectivity index (χ3v) is 4.37. The van der Waals surface area contributed by atoms with Crippen LogP contribution in [0.15, 0.2) is 42.7 Å². The topological polar surface area (TPSA) is 108 Å². The second kappa shape index (κ2) is 7.79. The van der Waals surface area contributed by atoms with Crippen LogP contribution in [0.4, 0.5) is 14.7 Å². The van der Waals surface area contributed by atoms with Crippen molar-refractivity contribution < 1.29 is 13.6 Å². The number of benzene rings is 1. The minimum atomic E-state index is -0.661. The maximum Gasteiger partial charge on any atom is 0.248 e. The van der Waals surface area contributed by atoms with Crippen LogP contribution in [0.5, 0.6) is 0 Å². The Morgan fingerprint density at radius 2 is 2.04 bits per heavy atom. The molecule has 1 aromatic carbocycles. The second-order valence-corrected chi connectivity index (χ2v) is 6.47. The molecule has 4 N–H and O–H groups in total. The standard InChI is InChI=1S/C18H17F2N7O/c19-12-4-10(5-13(20)7-12)6-16-22-18(27-26-16)23-17(28)15-8-14(24-25-15)11-2-1-3-21-9-11/h1-5,7,9,14-15,24-25H,6,8H2,(H2,22,23,26,27,28). The van der Waals surface area contributed by atoms with Crippen LogP contribution in [0.2, 0.25) is 0 Å². The molecule has 0 radical (unpaired) electrons. The smallest absolute Gasteiger partial charge is 0.248 e. The lowest BCUT2D eigenvalue weighted by atomic mass is 10.0. The summed E-state index contributed by atoms with van der Waals surface area (Å²) in [5.41, 5.74) is 7.40. The van der Waals surface area contributed by atoms with Crippen LogP contribution in [0.3, 0.4) is 0 Å². The summed E-state index contributed by atoms with van der Waals surface area (Å²) in [6.07, 6.45) is 4.13. The number of rotatable bonds is 5. The fraction of sp³-hybridized carbons (Fsp3) is 0.222. The Bertz CT molecular complexity index is 959. The van der Waals surface area contributed by atoms with Gasteiger partial charge in [0.05, 0.1) is 0 Å². The quantitative estimate of drug-likeness (QED) is 0.532. The molecule has 28 heavy (non-hydrogen) atoms. The summed E-state index contributed by atoms with van der Waals surface area (Å²) in [5, 5.41) is 9.22. The van der Waals surface area contributed by atoms with E-state index < -0.39 is 17.7 Å². The van der Waals surface area contributed by atoms with Crippen molar-refractivity contribution in [2.45, 2.75) is 24.9 Å². The summed E-state index contributed by atoms with van der Waals surface area (Å²) in [6.45, 7) is 0. The van der Waals surface area contributed by atoms with Gasteiger partial charge in [0.25, 0.3) is 0 Å². The molecule has 1 fully saturated rings. The highest BCUT2D eigenvalue weighted by atomic mass is 19.1. The first-order chi connectivity index (χ1) is 13.6. The molecule has 1 aliphatic heterocycles. The summed E-state index contributed by atoms with van der Waals surface area (Å²) in [5.74, 6) is -1.13. The van der Waals surface area contributed by atoms with E-state index in [-0.39, 0.29) is 24.3 Å². The van der Waals surface area contributed by atoms with Gasteiger partial charge in [0.1, 0.15) is 23.5 Å². The Morgan fingerprint density at radius 1 is 1.21 bits per heavy atom. The van der Waals surface area contributed by atoms with Crippen molar-refractivity contribution in [2.24, 2.45) is 0 Å². The lowest BCUT2D eigenvalue weighted by Gasteiger charge is -2.08. The number of carbonyl (C=O) groups excluding carboxylic acids is 1. The lowest BCUT2D eigenvalue weighted by molar-refractivity contribution is -0.117. The van der Waals surface area contributed by atoms with Gasteiger partial charge in [-0.2, -0.15) is 4.98 Å². The first-order valence-electron chi connectivity index (χ1n) is 8.65. The number of H-pyrrole nitrogens is 1. The molecule has 1 amide bonds. The minimum absolute atomic E-state index is 0.0324. The Kier molecular flexibility index (Phi) is 5.04. The number of aromatic amines is 1. The van der Waals surface area contributed by atoms with Crippen LogP contribution >= 0.6 is 0 Å². The van der Waals surface area contributed by atoms with Gasteiger partial charge in [-0.3, -0.25) is 20.2 Å². The van der Waals surface area contributed by atoms with E-state index in [0.29, 0.717) is 17.8 Å². The molecule has 0 spiro atoms. The molecule has 2 unspecified atom stereocenters. The molecule has 2 aromatic heterocycles. The highest BCUT2D eigenvalue weighted by molar-refractivity contribution is 5.93. The summed E-state index contributed by atoms with van der Waals surface area (Å²) < 4.78 is 26.5. The van der Waals surface area contributed by atoms with E-state index in [1.807, 2.05) is 12.1 Å². The van der Waals surface area contributed by atoms with Gasteiger partial charge in [-0.15, -0.1) is 5.10 Å². The number of halogens is 2. The molecule has 3 heterocycles. The van der Waals surface area contributed by atoms with Crippen LogP contribution in [0.1, 0.15) is 29.4 Å². The number of hydrogen-bond donors (Lipinski definition) is 4. The van der Waals surface area contributed by atoms with Gasteiger partial charge >= 0.3 is 0 Å². The molecular weight excluding hydrogens is 368 g/mol. The number of aromatic nitrogens is 4. The average Bonchev–Trinajstić information content (AvgIpc) is 3.31. The number of nitrogens with one attached hydrogen (secondary N) is 4. The summed E-state index contributed by atoms with van der Waals surface area (Å²) in [7, 11) is 0. The van der Waals surface area contributed by atoms with Gasteiger partial charge in [-0.05, 0) is 35.7 Å². The molecule has 3 aromatic rings. The Morgan fingerprint density at radius 3 is 2.79 bits per heavy atom. The highest BCUT2D eigenvalue weighted by Gasteiger charge is 2.30. The minimum Gasteiger partial charge on any atom is -0.292 e. The van der Waals surface area contributed by atoms with E-state index in [2.05, 4.69) is 36.3 Å². The zero-order valence-corrected chi connectivity index (χ0v) is 14.6. The van der Waals surface area contributed by atoms with E-state index >= 15 is 0 Å². The molecule has 8 nitrogen and oxygen atoms in total. The van der Waals surface area contributed by atoms with Crippen molar-refractivity contribution in [1.82, 2.24) is 31.0 Å². The van der Waals surface area contributed by atoms with E-state index in [1.54, 1.807) is 12.4 Å². The van der Waals surface area contributed by atoms with E-state index in [4.69, 9.17) is 0 Å². The predicted molar refractivity (Wildman–Crippen MR) is 95.8 cm³/mol. The van der Waals surface area contributed by atoms with Crippen molar-refractivity contribution in [3.05, 3.63) is 71.3 Å². The van der Waals surface area contributed by atoms with Gasteiger partial charge in [0.15, 0.2) is 0 Å². The van der Waals surface area contributed by atoms with Crippen LogP contribution in [0.25, 0.3) is 0 Å². The molecule has 0 saturated carbocycles. The molecule has 0 aliphatic carbocycles. The number of hydrogen-bond acceptors (Lipinski definition) is 6. The van der Waals surface area contributed by atoms with Crippen molar-refractivity contribution >= 4 is 11.9 Å². The first-order valence-corrected chi connectivity index (χ1v) is 8.65. The molecule has 144 valence electrons. The maximum atomic E-state index is 13.3. The molecule has 1 aliphatic rings. The largest absolute Gasteiger partial charge is 0.292 e. The Balaban J connectivity index is 1.35. The summed E-state index contributed by atoms with van der Waals surface area (Å²) >= 11 is 0. The number of hydrazine groups is 1. The van der Waals surface area contributed by atoms with E-state index in [1.165, 1.54) is 12.1 Å². The van der Waals surface area contributed by atoms with Crippen molar-refractivity contribution in [2.75, 3.05) is 5.32 Å². The van der Waals surface area contributed by atoms with Crippen LogP contribution in [0, 0.1) is 11.6 Å². The number of pyridine rings is 1. The van der Waals surface area contributed by atoms with Gasteiger partial charge in [-0.25, -0.2) is 19.6 Å². The summed E-state index contributed by atoms with van der Waals surface area (Å²) in [4.78, 5) is 20.7. The van der Waals surface area contributed by atoms with Gasteiger partial charge in [0.2, 0.25) is 11.9 Å². The first kappa shape index (κ1) is 18.1. The maximum absolute atomic E-state index is 13.3. The zero-order chi connectivity index (χ0) is 19.5. The predicted octanol–water partition coefficient (Wildman–Crippen LogP) is 1.61. The molecule has 10 heteroatoms. The van der Waals surface area contributed by atoms with Crippen LogP contribution in [-0.2, 0) is 11.2 Å². The third kappa shape index (κ3) is 4.18. The fourth-order valence-electron chi connectivity index (χ4n) is 3.06. The lowest BCUT2D eigenvalue weighted by Crippen LogP contribution is -2.39. The fourth-order valence-corrected chi connectivity index (χ4v) is 3.06. The number of amides is 1. The van der Waals surface area contributed by atoms with Crippen molar-refractivity contribution in [3.63, 3.8) is 0 Å². The average molecular weight is 385 g/mol.